The summed E-state index contributed by atoms with van der Waals surface area (Å²) in [5, 5.41) is 2.85. The van der Waals surface area contributed by atoms with Crippen molar-refractivity contribution in [2.24, 2.45) is 0 Å². The lowest BCUT2D eigenvalue weighted by molar-refractivity contribution is 0.448. The number of anilines is 1. The van der Waals surface area contributed by atoms with Crippen molar-refractivity contribution in [1.82, 2.24) is 0 Å². The van der Waals surface area contributed by atoms with Gasteiger partial charge in [-0.3, -0.25) is 0 Å². The summed E-state index contributed by atoms with van der Waals surface area (Å²) in [7, 11) is 0. The SMILES string of the molecule is CCc1ccc(C(C)Nc2ccc(F)c(F)c2F)cc1. The molecule has 20 heavy (non-hydrogen) atoms. The highest BCUT2D eigenvalue weighted by atomic mass is 19.2. The van der Waals surface area contributed by atoms with Gasteiger partial charge in [0.2, 0.25) is 0 Å². The number of hydrogen-bond acceptors (Lipinski definition) is 1. The minimum Gasteiger partial charge on any atom is -0.376 e. The molecule has 0 saturated carbocycles. The minimum absolute atomic E-state index is 0.0454. The molecule has 0 amide bonds. The van der Waals surface area contributed by atoms with Gasteiger partial charge in [0.05, 0.1) is 5.69 Å². The van der Waals surface area contributed by atoms with Gasteiger partial charge in [0.1, 0.15) is 0 Å². The Morgan fingerprint density at radius 2 is 1.60 bits per heavy atom. The molecule has 106 valence electrons. The van der Waals surface area contributed by atoms with Crippen LogP contribution < -0.4 is 5.32 Å². The van der Waals surface area contributed by atoms with E-state index in [0.717, 1.165) is 18.1 Å². The maximum Gasteiger partial charge on any atom is 0.196 e. The van der Waals surface area contributed by atoms with E-state index in [4.69, 9.17) is 0 Å². The third-order valence-electron chi connectivity index (χ3n) is 3.30. The van der Waals surface area contributed by atoms with E-state index in [0.29, 0.717) is 0 Å². The predicted molar refractivity (Wildman–Crippen MR) is 74.2 cm³/mol. The van der Waals surface area contributed by atoms with Crippen molar-refractivity contribution in [3.05, 3.63) is 65.0 Å². The lowest BCUT2D eigenvalue weighted by Gasteiger charge is -2.17. The summed E-state index contributed by atoms with van der Waals surface area (Å²) < 4.78 is 39.6. The fourth-order valence-corrected chi connectivity index (χ4v) is 2.00. The molecule has 1 nitrogen and oxygen atoms in total. The van der Waals surface area contributed by atoms with Crippen LogP contribution in [0.5, 0.6) is 0 Å². The molecule has 0 aliphatic heterocycles. The second kappa shape index (κ2) is 5.99. The Morgan fingerprint density at radius 1 is 0.950 bits per heavy atom. The number of aryl methyl sites for hydroxylation is 1. The third kappa shape index (κ3) is 2.95. The summed E-state index contributed by atoms with van der Waals surface area (Å²) >= 11 is 0. The first-order valence-electron chi connectivity index (χ1n) is 6.51. The van der Waals surface area contributed by atoms with E-state index in [-0.39, 0.29) is 11.7 Å². The Morgan fingerprint density at radius 3 is 2.20 bits per heavy atom. The van der Waals surface area contributed by atoms with Gasteiger partial charge in [-0.15, -0.1) is 0 Å². The van der Waals surface area contributed by atoms with E-state index in [2.05, 4.69) is 12.2 Å². The number of nitrogens with one attached hydrogen (secondary N) is 1. The smallest absolute Gasteiger partial charge is 0.196 e. The topological polar surface area (TPSA) is 12.0 Å². The quantitative estimate of drug-likeness (QED) is 0.790. The van der Waals surface area contributed by atoms with Gasteiger partial charge < -0.3 is 5.32 Å². The maximum absolute atomic E-state index is 13.6. The van der Waals surface area contributed by atoms with Crippen LogP contribution in [0.4, 0.5) is 18.9 Å². The van der Waals surface area contributed by atoms with Gasteiger partial charge in [-0.1, -0.05) is 31.2 Å². The summed E-state index contributed by atoms with van der Waals surface area (Å²) in [5.41, 5.74) is 2.11. The van der Waals surface area contributed by atoms with Gasteiger partial charge in [0, 0.05) is 6.04 Å². The molecule has 0 radical (unpaired) electrons. The van der Waals surface area contributed by atoms with Crippen molar-refractivity contribution in [3.63, 3.8) is 0 Å². The van der Waals surface area contributed by atoms with Crippen LogP contribution >= 0.6 is 0 Å². The summed E-state index contributed by atoms with van der Waals surface area (Å²) in [5.74, 6) is -3.83. The van der Waals surface area contributed by atoms with Crippen LogP contribution in [0.15, 0.2) is 36.4 Å². The molecule has 0 aliphatic carbocycles. The molecule has 0 aliphatic rings. The zero-order valence-electron chi connectivity index (χ0n) is 11.4. The molecule has 0 heterocycles. The van der Waals surface area contributed by atoms with E-state index in [1.54, 1.807) is 0 Å². The monoisotopic (exact) mass is 279 g/mol. The van der Waals surface area contributed by atoms with Crippen molar-refractivity contribution < 1.29 is 13.2 Å². The van der Waals surface area contributed by atoms with E-state index in [9.17, 15) is 13.2 Å². The highest BCUT2D eigenvalue weighted by molar-refractivity contribution is 5.47. The van der Waals surface area contributed by atoms with Crippen molar-refractivity contribution in [1.29, 1.82) is 0 Å². The van der Waals surface area contributed by atoms with Crippen molar-refractivity contribution in [2.45, 2.75) is 26.3 Å². The molecule has 0 spiro atoms. The summed E-state index contributed by atoms with van der Waals surface area (Å²) in [6.07, 6.45) is 0.944. The summed E-state index contributed by atoms with van der Waals surface area (Å²) in [6, 6.07) is 9.77. The third-order valence-corrected chi connectivity index (χ3v) is 3.30. The zero-order chi connectivity index (χ0) is 14.7. The molecule has 4 heteroatoms. The second-order valence-electron chi connectivity index (χ2n) is 4.68. The Kier molecular flexibility index (Phi) is 4.32. The van der Waals surface area contributed by atoms with Gasteiger partial charge in [0.25, 0.3) is 0 Å². The standard InChI is InChI=1S/C16H16F3N/c1-3-11-4-6-12(7-5-11)10(2)20-14-9-8-13(17)15(18)16(14)19/h4-10,20H,3H2,1-2H3. The molecule has 2 rings (SSSR count). The Labute approximate surface area is 116 Å². The summed E-state index contributed by atoms with van der Waals surface area (Å²) in [4.78, 5) is 0. The number of halogens is 3. The molecule has 0 fully saturated rings. The molecule has 0 saturated heterocycles. The summed E-state index contributed by atoms with van der Waals surface area (Å²) in [6.45, 7) is 3.90. The fraction of sp³-hybridized carbons (Fsp3) is 0.250. The molecule has 2 aromatic carbocycles. The van der Waals surface area contributed by atoms with Gasteiger partial charge in [0.15, 0.2) is 17.5 Å². The Bertz CT molecular complexity index is 593. The predicted octanol–water partition coefficient (Wildman–Crippen LogP) is 4.84. The van der Waals surface area contributed by atoms with Crippen molar-refractivity contribution >= 4 is 5.69 Å². The molecule has 2 aromatic rings. The van der Waals surface area contributed by atoms with Crippen LogP contribution in [0.1, 0.15) is 31.0 Å². The largest absolute Gasteiger partial charge is 0.376 e. The lowest BCUT2D eigenvalue weighted by Crippen LogP contribution is -2.09. The van der Waals surface area contributed by atoms with Gasteiger partial charge in [-0.25, -0.2) is 13.2 Å². The number of rotatable bonds is 4. The molecular weight excluding hydrogens is 263 g/mol. The minimum atomic E-state index is -1.46. The number of benzene rings is 2. The van der Waals surface area contributed by atoms with Crippen LogP contribution in [0.25, 0.3) is 0 Å². The van der Waals surface area contributed by atoms with E-state index < -0.39 is 17.5 Å². The highest BCUT2D eigenvalue weighted by Crippen LogP contribution is 2.24. The van der Waals surface area contributed by atoms with E-state index in [1.807, 2.05) is 31.2 Å². The molecular formula is C16H16F3N. The molecule has 1 N–H and O–H groups in total. The highest BCUT2D eigenvalue weighted by Gasteiger charge is 2.15. The van der Waals surface area contributed by atoms with E-state index in [1.165, 1.54) is 11.6 Å². The second-order valence-corrected chi connectivity index (χ2v) is 4.68. The first-order valence-corrected chi connectivity index (χ1v) is 6.51. The fourth-order valence-electron chi connectivity index (χ4n) is 2.00. The molecule has 1 unspecified atom stereocenters. The van der Waals surface area contributed by atoms with Crippen molar-refractivity contribution in [3.8, 4) is 0 Å². The Balaban J connectivity index is 2.18. The molecule has 1 atom stereocenters. The van der Waals surface area contributed by atoms with Crippen LogP contribution in [-0.4, -0.2) is 0 Å². The first kappa shape index (κ1) is 14.4. The van der Waals surface area contributed by atoms with Gasteiger partial charge >= 0.3 is 0 Å². The van der Waals surface area contributed by atoms with Crippen LogP contribution in [-0.2, 0) is 6.42 Å². The molecule has 0 bridgehead atoms. The van der Waals surface area contributed by atoms with Crippen LogP contribution in [0.2, 0.25) is 0 Å². The molecule has 0 aromatic heterocycles. The number of hydrogen-bond donors (Lipinski definition) is 1. The first-order chi connectivity index (χ1) is 9.52. The van der Waals surface area contributed by atoms with Crippen molar-refractivity contribution in [2.75, 3.05) is 5.32 Å². The average molecular weight is 279 g/mol. The van der Waals surface area contributed by atoms with Gasteiger partial charge in [-0.05, 0) is 36.6 Å². The average Bonchev–Trinajstić information content (AvgIpc) is 2.48. The Hall–Kier alpha value is -1.97. The van der Waals surface area contributed by atoms with E-state index >= 15 is 0 Å². The van der Waals surface area contributed by atoms with Crippen LogP contribution in [0, 0.1) is 17.5 Å². The van der Waals surface area contributed by atoms with Crippen LogP contribution in [0.3, 0.4) is 0 Å². The lowest BCUT2D eigenvalue weighted by atomic mass is 10.0. The maximum atomic E-state index is 13.6. The van der Waals surface area contributed by atoms with Gasteiger partial charge in [-0.2, -0.15) is 0 Å². The normalized spacial score (nSPS) is 12.2. The zero-order valence-corrected chi connectivity index (χ0v) is 11.4.